The second-order valence-corrected chi connectivity index (χ2v) is 2.33. The Balaban J connectivity index is 2.90. The predicted molar refractivity (Wildman–Crippen MR) is 43.9 cm³/mol. The summed E-state index contributed by atoms with van der Waals surface area (Å²) in [6, 6.07) is 2.99. The van der Waals surface area contributed by atoms with E-state index in [9.17, 15) is 13.6 Å². The highest BCUT2D eigenvalue weighted by molar-refractivity contribution is 5.54. The molecular weight excluding hydrogens is 174 g/mol. The number of aldehydes is 1. The monoisotopic (exact) mass is 180 g/mol. The van der Waals surface area contributed by atoms with E-state index >= 15 is 0 Å². The minimum Gasteiger partial charge on any atom is -0.302 e. The summed E-state index contributed by atoms with van der Waals surface area (Å²) < 4.78 is 25.1. The zero-order valence-corrected chi connectivity index (χ0v) is 6.68. The van der Waals surface area contributed by atoms with Gasteiger partial charge >= 0.3 is 0 Å². The van der Waals surface area contributed by atoms with Gasteiger partial charge < -0.3 is 4.79 Å². The van der Waals surface area contributed by atoms with E-state index in [1.54, 1.807) is 0 Å². The van der Waals surface area contributed by atoms with E-state index < -0.39 is 11.6 Å². The van der Waals surface area contributed by atoms with E-state index in [1.165, 1.54) is 0 Å². The molecule has 0 aliphatic rings. The molecule has 66 valence electrons. The van der Waals surface area contributed by atoms with Crippen LogP contribution in [0.3, 0.4) is 0 Å². The van der Waals surface area contributed by atoms with Crippen LogP contribution in [0.25, 0.3) is 0 Å². The Labute approximate surface area is 74.4 Å². The molecule has 0 saturated heterocycles. The predicted octanol–water partition coefficient (Wildman–Crippen LogP) is 1.91. The van der Waals surface area contributed by atoms with Crippen molar-refractivity contribution in [2.45, 2.75) is 6.42 Å². The van der Waals surface area contributed by atoms with Crippen LogP contribution >= 0.6 is 0 Å². The summed E-state index contributed by atoms with van der Waals surface area (Å²) in [6.07, 6.45) is 0.695. The third-order valence-corrected chi connectivity index (χ3v) is 1.28. The first-order valence-corrected chi connectivity index (χ1v) is 3.61. The molecule has 13 heavy (non-hydrogen) atoms. The molecule has 0 amide bonds. The summed E-state index contributed by atoms with van der Waals surface area (Å²) in [5, 5.41) is 0. The fourth-order valence-electron chi connectivity index (χ4n) is 0.821. The zero-order chi connectivity index (χ0) is 9.68. The van der Waals surface area contributed by atoms with Gasteiger partial charge in [-0.3, -0.25) is 0 Å². The molecule has 1 nitrogen and oxygen atoms in total. The lowest BCUT2D eigenvalue weighted by atomic mass is 10.2. The summed E-state index contributed by atoms with van der Waals surface area (Å²) in [5.41, 5.74) is 0.236. The van der Waals surface area contributed by atoms with Crippen molar-refractivity contribution in [3.05, 3.63) is 35.4 Å². The third-order valence-electron chi connectivity index (χ3n) is 1.28. The van der Waals surface area contributed by atoms with Crippen LogP contribution in [0.15, 0.2) is 18.2 Å². The van der Waals surface area contributed by atoms with Gasteiger partial charge in [0.2, 0.25) is 0 Å². The molecule has 1 rings (SSSR count). The van der Waals surface area contributed by atoms with Gasteiger partial charge in [0.05, 0.1) is 6.42 Å². The summed E-state index contributed by atoms with van der Waals surface area (Å²) in [7, 11) is 0. The molecule has 0 saturated carbocycles. The van der Waals surface area contributed by atoms with Gasteiger partial charge in [-0.2, -0.15) is 0 Å². The van der Waals surface area contributed by atoms with E-state index in [-0.39, 0.29) is 12.0 Å². The molecule has 0 atom stereocenters. The molecule has 0 fully saturated rings. The van der Waals surface area contributed by atoms with Gasteiger partial charge in [0.25, 0.3) is 0 Å². The fourth-order valence-corrected chi connectivity index (χ4v) is 0.821. The second-order valence-electron chi connectivity index (χ2n) is 2.33. The fraction of sp³-hybridized carbons (Fsp3) is 0.100. The molecule has 1 aromatic carbocycles. The smallest absolute Gasteiger partial charge is 0.131 e. The van der Waals surface area contributed by atoms with Crippen LogP contribution in [-0.4, -0.2) is 6.29 Å². The van der Waals surface area contributed by atoms with Crippen molar-refractivity contribution < 1.29 is 13.6 Å². The van der Waals surface area contributed by atoms with Gasteiger partial charge in [-0.15, -0.1) is 0 Å². The van der Waals surface area contributed by atoms with Crippen LogP contribution in [0, 0.1) is 23.5 Å². The van der Waals surface area contributed by atoms with Crippen molar-refractivity contribution in [1.29, 1.82) is 0 Å². The van der Waals surface area contributed by atoms with E-state index in [1.807, 2.05) is 0 Å². The highest BCUT2D eigenvalue weighted by atomic mass is 19.1. The Bertz CT molecular complexity index is 354. The zero-order valence-electron chi connectivity index (χ0n) is 6.68. The van der Waals surface area contributed by atoms with Gasteiger partial charge in [0, 0.05) is 11.6 Å². The molecule has 1 aromatic rings. The Morgan fingerprint density at radius 2 is 1.85 bits per heavy atom. The first-order valence-electron chi connectivity index (χ1n) is 3.61. The standard InChI is InChI=1S/C10H6F2O/c11-9-5-8(3-1-2-4-13)6-10(12)7-9/h4-7H,2H2. The van der Waals surface area contributed by atoms with Crippen LogP contribution < -0.4 is 0 Å². The molecule has 0 heterocycles. The molecule has 3 heteroatoms. The third kappa shape index (κ3) is 3.04. The molecular formula is C10H6F2O. The summed E-state index contributed by atoms with van der Waals surface area (Å²) >= 11 is 0. The molecule has 0 radical (unpaired) electrons. The van der Waals surface area contributed by atoms with Crippen molar-refractivity contribution in [2.24, 2.45) is 0 Å². The number of carbonyl (C=O) groups is 1. The summed E-state index contributed by atoms with van der Waals surface area (Å²) in [4.78, 5) is 9.88. The number of halogens is 2. The lowest BCUT2D eigenvalue weighted by Crippen LogP contribution is -1.82. The van der Waals surface area contributed by atoms with E-state index in [0.717, 1.165) is 18.2 Å². The van der Waals surface area contributed by atoms with Crippen LogP contribution in [0.1, 0.15) is 12.0 Å². The van der Waals surface area contributed by atoms with Gasteiger partial charge in [0.15, 0.2) is 0 Å². The normalized spacial score (nSPS) is 8.77. The Kier molecular flexibility index (Phi) is 3.15. The largest absolute Gasteiger partial charge is 0.302 e. The lowest BCUT2D eigenvalue weighted by molar-refractivity contribution is -0.107. The van der Waals surface area contributed by atoms with Crippen molar-refractivity contribution in [3.63, 3.8) is 0 Å². The first kappa shape index (κ1) is 9.40. The summed E-state index contributed by atoms with van der Waals surface area (Å²) in [6.45, 7) is 0. The first-order chi connectivity index (χ1) is 6.22. The van der Waals surface area contributed by atoms with E-state index in [2.05, 4.69) is 11.8 Å². The molecule has 0 aliphatic carbocycles. The van der Waals surface area contributed by atoms with E-state index in [0.29, 0.717) is 6.29 Å². The van der Waals surface area contributed by atoms with Crippen LogP contribution in [0.4, 0.5) is 8.78 Å². The van der Waals surface area contributed by atoms with Crippen molar-refractivity contribution in [1.82, 2.24) is 0 Å². The number of benzene rings is 1. The van der Waals surface area contributed by atoms with Crippen LogP contribution in [-0.2, 0) is 4.79 Å². The number of carbonyl (C=O) groups excluding carboxylic acids is 1. The van der Waals surface area contributed by atoms with Gasteiger partial charge in [-0.1, -0.05) is 11.8 Å². The SMILES string of the molecule is O=CCC#Cc1cc(F)cc(F)c1. The van der Waals surface area contributed by atoms with Crippen molar-refractivity contribution in [3.8, 4) is 11.8 Å². The topological polar surface area (TPSA) is 17.1 Å². The quantitative estimate of drug-likeness (QED) is 0.476. The molecule has 0 aromatic heterocycles. The molecule has 0 bridgehead atoms. The lowest BCUT2D eigenvalue weighted by Gasteiger charge is -1.91. The number of rotatable bonds is 1. The number of hydrogen-bond acceptors (Lipinski definition) is 1. The van der Waals surface area contributed by atoms with E-state index in [4.69, 9.17) is 0 Å². The number of hydrogen-bond donors (Lipinski definition) is 0. The van der Waals surface area contributed by atoms with Gasteiger partial charge in [0.1, 0.15) is 17.9 Å². The molecule has 0 aliphatic heterocycles. The summed E-state index contributed by atoms with van der Waals surface area (Å²) in [5.74, 6) is 3.58. The van der Waals surface area contributed by atoms with Gasteiger partial charge in [-0.05, 0) is 12.1 Å². The maximum atomic E-state index is 12.6. The van der Waals surface area contributed by atoms with Crippen molar-refractivity contribution in [2.75, 3.05) is 0 Å². The maximum absolute atomic E-state index is 12.6. The Hall–Kier alpha value is -1.69. The Morgan fingerprint density at radius 1 is 1.23 bits per heavy atom. The Morgan fingerprint density at radius 3 is 2.38 bits per heavy atom. The highest BCUT2D eigenvalue weighted by Gasteiger charge is 1.96. The van der Waals surface area contributed by atoms with Gasteiger partial charge in [-0.25, -0.2) is 8.78 Å². The average Bonchev–Trinajstić information content (AvgIpc) is 2.03. The molecule has 0 unspecified atom stereocenters. The van der Waals surface area contributed by atoms with Crippen LogP contribution in [0.5, 0.6) is 0 Å². The molecule has 0 N–H and O–H groups in total. The maximum Gasteiger partial charge on any atom is 0.131 e. The second kappa shape index (κ2) is 4.36. The van der Waals surface area contributed by atoms with Crippen molar-refractivity contribution >= 4 is 6.29 Å². The molecule has 0 spiro atoms. The minimum absolute atomic E-state index is 0.0676. The highest BCUT2D eigenvalue weighted by Crippen LogP contribution is 2.06. The minimum atomic E-state index is -0.671. The average molecular weight is 180 g/mol. The van der Waals surface area contributed by atoms with Crippen LogP contribution in [0.2, 0.25) is 0 Å².